The highest BCUT2D eigenvalue weighted by Gasteiger charge is 2.31. The molecule has 1 aromatic rings. The summed E-state index contributed by atoms with van der Waals surface area (Å²) in [4.78, 5) is 0. The average Bonchev–Trinajstić information content (AvgIpc) is 2.26. The average molecular weight is 245 g/mol. The van der Waals surface area contributed by atoms with E-state index in [2.05, 4.69) is 0 Å². The van der Waals surface area contributed by atoms with Crippen LogP contribution in [0.2, 0.25) is 5.02 Å². The van der Waals surface area contributed by atoms with E-state index in [1.807, 2.05) is 0 Å². The van der Waals surface area contributed by atoms with Crippen LogP contribution < -0.4 is 0 Å². The van der Waals surface area contributed by atoms with Gasteiger partial charge in [-0.3, -0.25) is 0 Å². The fourth-order valence-electron chi connectivity index (χ4n) is 1.97. The van der Waals surface area contributed by atoms with Crippen LogP contribution in [0.5, 0.6) is 0 Å². The van der Waals surface area contributed by atoms with Gasteiger partial charge in [0.05, 0.1) is 10.6 Å². The smallest absolute Gasteiger partial charge is 0.145 e. The van der Waals surface area contributed by atoms with Crippen molar-refractivity contribution in [1.82, 2.24) is 0 Å². The molecular formula is C12H14ClFO2. The lowest BCUT2D eigenvalue weighted by molar-refractivity contribution is -0.0629. The summed E-state index contributed by atoms with van der Waals surface area (Å²) in [5, 5.41) is 10.4. The van der Waals surface area contributed by atoms with Crippen molar-refractivity contribution >= 4 is 11.6 Å². The topological polar surface area (TPSA) is 29.5 Å². The van der Waals surface area contributed by atoms with Crippen molar-refractivity contribution in [3.05, 3.63) is 34.6 Å². The van der Waals surface area contributed by atoms with Crippen LogP contribution >= 0.6 is 11.6 Å². The van der Waals surface area contributed by atoms with Gasteiger partial charge in [-0.25, -0.2) is 4.39 Å². The highest BCUT2D eigenvalue weighted by atomic mass is 35.5. The van der Waals surface area contributed by atoms with Crippen LogP contribution in [0, 0.1) is 5.82 Å². The zero-order chi connectivity index (χ0) is 11.6. The minimum Gasteiger partial charge on any atom is -0.389 e. The molecule has 1 fully saturated rings. The van der Waals surface area contributed by atoms with Gasteiger partial charge in [-0.2, -0.15) is 0 Å². The Morgan fingerprint density at radius 3 is 2.75 bits per heavy atom. The first-order valence-corrected chi connectivity index (χ1v) is 5.72. The molecule has 4 heteroatoms. The van der Waals surface area contributed by atoms with Crippen molar-refractivity contribution in [1.29, 1.82) is 0 Å². The van der Waals surface area contributed by atoms with E-state index in [1.54, 1.807) is 12.1 Å². The Bertz CT molecular complexity index is 375. The zero-order valence-corrected chi connectivity index (χ0v) is 9.63. The molecule has 1 aliphatic heterocycles. The second kappa shape index (κ2) is 4.70. The number of aliphatic hydroxyl groups is 1. The molecule has 0 radical (unpaired) electrons. The molecule has 0 aliphatic carbocycles. The first-order valence-electron chi connectivity index (χ1n) is 5.34. The van der Waals surface area contributed by atoms with Crippen LogP contribution in [-0.2, 0) is 11.2 Å². The summed E-state index contributed by atoms with van der Waals surface area (Å²) in [5.41, 5.74) is -0.388. The fourth-order valence-corrected chi connectivity index (χ4v) is 2.16. The maximum Gasteiger partial charge on any atom is 0.145 e. The lowest BCUT2D eigenvalue weighted by Crippen LogP contribution is -2.38. The van der Waals surface area contributed by atoms with E-state index in [0.29, 0.717) is 38.0 Å². The standard InChI is InChI=1S/C12H14ClFO2/c13-10-3-1-2-9(11(10)14)8-12(15)4-6-16-7-5-12/h1-3,15H,4-8H2. The molecule has 2 rings (SSSR count). The van der Waals surface area contributed by atoms with Gasteiger partial charge < -0.3 is 9.84 Å². The first kappa shape index (κ1) is 11.8. The summed E-state index contributed by atoms with van der Waals surface area (Å²) in [5.74, 6) is -0.427. The third-order valence-corrected chi connectivity index (χ3v) is 3.27. The van der Waals surface area contributed by atoms with Crippen LogP contribution in [0.3, 0.4) is 0 Å². The minimum absolute atomic E-state index is 0.105. The number of benzene rings is 1. The van der Waals surface area contributed by atoms with Crippen LogP contribution in [0.4, 0.5) is 4.39 Å². The molecule has 0 bridgehead atoms. The highest BCUT2D eigenvalue weighted by Crippen LogP contribution is 2.28. The third-order valence-electron chi connectivity index (χ3n) is 2.97. The van der Waals surface area contributed by atoms with Gasteiger partial charge in [0.1, 0.15) is 5.82 Å². The molecule has 1 aliphatic rings. The van der Waals surface area contributed by atoms with Crippen molar-refractivity contribution in [3.63, 3.8) is 0 Å². The summed E-state index contributed by atoms with van der Waals surface area (Å²) in [6.45, 7) is 1.05. The molecule has 1 heterocycles. The Balaban J connectivity index is 2.16. The monoisotopic (exact) mass is 244 g/mol. The van der Waals surface area contributed by atoms with E-state index in [0.717, 1.165) is 0 Å². The Morgan fingerprint density at radius 2 is 2.06 bits per heavy atom. The van der Waals surface area contributed by atoms with Crippen molar-refractivity contribution < 1.29 is 14.2 Å². The summed E-state index contributed by atoms with van der Waals surface area (Å²) in [6, 6.07) is 4.87. The normalized spacial score (nSPS) is 19.7. The number of hydrogen-bond donors (Lipinski definition) is 1. The lowest BCUT2D eigenvalue weighted by atomic mass is 9.87. The van der Waals surface area contributed by atoms with Gasteiger partial charge in [0.2, 0.25) is 0 Å². The van der Waals surface area contributed by atoms with Crippen molar-refractivity contribution in [2.24, 2.45) is 0 Å². The molecule has 0 atom stereocenters. The molecule has 88 valence electrons. The largest absolute Gasteiger partial charge is 0.389 e. The molecule has 2 nitrogen and oxygen atoms in total. The van der Waals surface area contributed by atoms with Crippen LogP contribution in [0.15, 0.2) is 18.2 Å². The molecular weight excluding hydrogens is 231 g/mol. The summed E-state index contributed by atoms with van der Waals surface area (Å²) >= 11 is 5.70. The number of hydrogen-bond acceptors (Lipinski definition) is 2. The van der Waals surface area contributed by atoms with Gasteiger partial charge in [0, 0.05) is 19.6 Å². The molecule has 0 spiro atoms. The molecule has 1 saturated heterocycles. The predicted molar refractivity (Wildman–Crippen MR) is 60.1 cm³/mol. The molecule has 0 saturated carbocycles. The molecule has 16 heavy (non-hydrogen) atoms. The van der Waals surface area contributed by atoms with Gasteiger partial charge >= 0.3 is 0 Å². The quantitative estimate of drug-likeness (QED) is 0.867. The van der Waals surface area contributed by atoms with Crippen LogP contribution in [0.1, 0.15) is 18.4 Å². The number of halogens is 2. The van der Waals surface area contributed by atoms with Gasteiger partial charge in [-0.05, 0) is 24.5 Å². The van der Waals surface area contributed by atoms with Gasteiger partial charge in [-0.1, -0.05) is 23.7 Å². The Labute approximate surface area is 99.0 Å². The Kier molecular flexibility index (Phi) is 3.47. The van der Waals surface area contributed by atoms with E-state index < -0.39 is 11.4 Å². The fraction of sp³-hybridized carbons (Fsp3) is 0.500. The third kappa shape index (κ3) is 2.54. The van der Waals surface area contributed by atoms with Crippen molar-refractivity contribution in [3.8, 4) is 0 Å². The maximum absolute atomic E-state index is 13.7. The molecule has 1 N–H and O–H groups in total. The molecule has 0 amide bonds. The van der Waals surface area contributed by atoms with Crippen LogP contribution in [-0.4, -0.2) is 23.9 Å². The zero-order valence-electron chi connectivity index (χ0n) is 8.88. The summed E-state index contributed by atoms with van der Waals surface area (Å²) in [7, 11) is 0. The predicted octanol–water partition coefficient (Wildman–Crippen LogP) is 2.56. The van der Waals surface area contributed by atoms with Gasteiger partial charge in [-0.15, -0.1) is 0 Å². The molecule has 0 unspecified atom stereocenters. The van der Waals surface area contributed by atoms with Gasteiger partial charge in [0.25, 0.3) is 0 Å². The SMILES string of the molecule is OC1(Cc2cccc(Cl)c2F)CCOCC1. The summed E-state index contributed by atoms with van der Waals surface area (Å²) < 4.78 is 18.8. The number of rotatable bonds is 2. The van der Waals surface area contributed by atoms with E-state index in [4.69, 9.17) is 16.3 Å². The minimum atomic E-state index is -0.857. The molecule has 1 aromatic carbocycles. The first-order chi connectivity index (χ1) is 7.61. The van der Waals surface area contributed by atoms with Crippen molar-refractivity contribution in [2.75, 3.05) is 13.2 Å². The number of ether oxygens (including phenoxy) is 1. The highest BCUT2D eigenvalue weighted by molar-refractivity contribution is 6.30. The van der Waals surface area contributed by atoms with Crippen LogP contribution in [0.25, 0.3) is 0 Å². The lowest BCUT2D eigenvalue weighted by Gasteiger charge is -2.32. The van der Waals surface area contributed by atoms with E-state index >= 15 is 0 Å². The molecule has 0 aromatic heterocycles. The van der Waals surface area contributed by atoms with Crippen molar-refractivity contribution in [2.45, 2.75) is 24.9 Å². The van der Waals surface area contributed by atoms with Gasteiger partial charge in [0.15, 0.2) is 0 Å². The second-order valence-corrected chi connectivity index (χ2v) is 4.63. The Morgan fingerprint density at radius 1 is 1.38 bits per heavy atom. The Hall–Kier alpha value is -0.640. The van der Waals surface area contributed by atoms with E-state index in [1.165, 1.54) is 6.07 Å². The second-order valence-electron chi connectivity index (χ2n) is 4.23. The van der Waals surface area contributed by atoms with E-state index in [-0.39, 0.29) is 5.02 Å². The van der Waals surface area contributed by atoms with E-state index in [9.17, 15) is 9.50 Å². The maximum atomic E-state index is 13.7. The summed E-state index contributed by atoms with van der Waals surface area (Å²) in [6.07, 6.45) is 1.38.